The third-order valence-electron chi connectivity index (χ3n) is 4.57. The molecule has 0 spiro atoms. The van der Waals surface area contributed by atoms with E-state index in [2.05, 4.69) is 30.0 Å². The van der Waals surface area contributed by atoms with Gasteiger partial charge >= 0.3 is 0 Å². The van der Waals surface area contributed by atoms with Gasteiger partial charge in [-0.05, 0) is 55.7 Å². The number of nitrogens with zero attached hydrogens (tertiary/aromatic N) is 3. The standard InChI is InChI=1S/C21H23N3O/c1-2-15-25-17-11-9-16(10-12-17)20-22-19-8-4-3-7-18(19)21(23-20)24-13-5-6-14-24/h3-4,7-12H,2,5-6,13-15H2,1H3. The van der Waals surface area contributed by atoms with E-state index >= 15 is 0 Å². The van der Waals surface area contributed by atoms with Crippen LogP contribution in [0.4, 0.5) is 5.82 Å². The molecule has 1 aromatic heterocycles. The molecule has 1 aliphatic heterocycles. The van der Waals surface area contributed by atoms with E-state index < -0.39 is 0 Å². The lowest BCUT2D eigenvalue weighted by Crippen LogP contribution is -2.19. The number of aromatic nitrogens is 2. The van der Waals surface area contributed by atoms with Gasteiger partial charge in [-0.25, -0.2) is 9.97 Å². The van der Waals surface area contributed by atoms with Crippen molar-refractivity contribution in [3.05, 3.63) is 48.5 Å². The van der Waals surface area contributed by atoms with Crippen LogP contribution in [-0.2, 0) is 0 Å². The Morgan fingerprint density at radius 1 is 0.960 bits per heavy atom. The fourth-order valence-electron chi connectivity index (χ4n) is 3.28. The molecular weight excluding hydrogens is 310 g/mol. The predicted octanol–water partition coefficient (Wildman–Crippen LogP) is 4.69. The van der Waals surface area contributed by atoms with Crippen molar-refractivity contribution in [2.45, 2.75) is 26.2 Å². The van der Waals surface area contributed by atoms with Crippen LogP contribution in [0.3, 0.4) is 0 Å². The molecule has 0 aliphatic carbocycles. The minimum Gasteiger partial charge on any atom is -0.494 e. The van der Waals surface area contributed by atoms with Gasteiger partial charge in [0.15, 0.2) is 5.82 Å². The number of benzene rings is 2. The van der Waals surface area contributed by atoms with Crippen LogP contribution in [0.15, 0.2) is 48.5 Å². The van der Waals surface area contributed by atoms with Crippen LogP contribution in [0.1, 0.15) is 26.2 Å². The zero-order valence-electron chi connectivity index (χ0n) is 14.6. The number of anilines is 1. The molecule has 1 saturated heterocycles. The molecule has 128 valence electrons. The van der Waals surface area contributed by atoms with Gasteiger partial charge in [0, 0.05) is 24.0 Å². The largest absolute Gasteiger partial charge is 0.494 e. The second-order valence-corrected chi connectivity index (χ2v) is 6.45. The summed E-state index contributed by atoms with van der Waals surface area (Å²) in [5.41, 5.74) is 2.02. The lowest BCUT2D eigenvalue weighted by Gasteiger charge is -2.19. The van der Waals surface area contributed by atoms with Crippen LogP contribution in [0.25, 0.3) is 22.3 Å². The van der Waals surface area contributed by atoms with E-state index in [-0.39, 0.29) is 0 Å². The molecule has 25 heavy (non-hydrogen) atoms. The molecule has 4 rings (SSSR count). The summed E-state index contributed by atoms with van der Waals surface area (Å²) in [6.45, 7) is 5.00. The van der Waals surface area contributed by atoms with E-state index in [4.69, 9.17) is 14.7 Å². The maximum Gasteiger partial charge on any atom is 0.162 e. The SMILES string of the molecule is CCCOc1ccc(-c2nc(N3CCCC3)c3ccccc3n2)cc1. The maximum atomic E-state index is 5.67. The maximum absolute atomic E-state index is 5.67. The molecule has 0 atom stereocenters. The van der Waals surface area contributed by atoms with E-state index in [1.807, 2.05) is 30.3 Å². The van der Waals surface area contributed by atoms with Crippen molar-refractivity contribution >= 4 is 16.7 Å². The molecule has 0 radical (unpaired) electrons. The molecule has 1 aliphatic rings. The van der Waals surface area contributed by atoms with Gasteiger partial charge in [-0.3, -0.25) is 0 Å². The van der Waals surface area contributed by atoms with Gasteiger partial charge in [-0.2, -0.15) is 0 Å². The van der Waals surface area contributed by atoms with Crippen molar-refractivity contribution in [2.75, 3.05) is 24.6 Å². The Balaban J connectivity index is 1.74. The Kier molecular flexibility index (Phi) is 4.51. The van der Waals surface area contributed by atoms with Crippen molar-refractivity contribution in [3.63, 3.8) is 0 Å². The van der Waals surface area contributed by atoms with Crippen LogP contribution in [0, 0.1) is 0 Å². The Bertz CT molecular complexity index is 855. The molecule has 0 saturated carbocycles. The fraction of sp³-hybridized carbons (Fsp3) is 0.333. The number of rotatable bonds is 5. The number of ether oxygens (including phenoxy) is 1. The zero-order valence-corrected chi connectivity index (χ0v) is 14.6. The molecule has 4 heteroatoms. The number of hydrogen-bond donors (Lipinski definition) is 0. The third-order valence-corrected chi connectivity index (χ3v) is 4.57. The van der Waals surface area contributed by atoms with Gasteiger partial charge in [-0.1, -0.05) is 19.1 Å². The highest BCUT2D eigenvalue weighted by atomic mass is 16.5. The molecule has 2 aromatic carbocycles. The first-order valence-electron chi connectivity index (χ1n) is 9.10. The van der Waals surface area contributed by atoms with E-state index in [0.29, 0.717) is 0 Å². The van der Waals surface area contributed by atoms with Crippen LogP contribution in [0.5, 0.6) is 5.75 Å². The monoisotopic (exact) mass is 333 g/mol. The Morgan fingerprint density at radius 2 is 1.72 bits per heavy atom. The van der Waals surface area contributed by atoms with E-state index in [0.717, 1.165) is 60.0 Å². The normalized spacial score (nSPS) is 14.2. The Hall–Kier alpha value is -2.62. The van der Waals surface area contributed by atoms with Crippen molar-refractivity contribution in [3.8, 4) is 17.1 Å². The van der Waals surface area contributed by atoms with E-state index in [1.54, 1.807) is 0 Å². The Labute approximate surface area is 148 Å². The van der Waals surface area contributed by atoms with Crippen LogP contribution < -0.4 is 9.64 Å². The van der Waals surface area contributed by atoms with Gasteiger partial charge in [0.1, 0.15) is 11.6 Å². The number of hydrogen-bond acceptors (Lipinski definition) is 4. The molecule has 0 N–H and O–H groups in total. The lowest BCUT2D eigenvalue weighted by atomic mass is 10.1. The summed E-state index contributed by atoms with van der Waals surface area (Å²) in [6, 6.07) is 16.4. The minimum absolute atomic E-state index is 0.741. The molecule has 0 unspecified atom stereocenters. The van der Waals surface area contributed by atoms with Gasteiger partial charge in [0.05, 0.1) is 12.1 Å². The zero-order chi connectivity index (χ0) is 17.1. The topological polar surface area (TPSA) is 38.2 Å². The highest BCUT2D eigenvalue weighted by molar-refractivity contribution is 5.91. The predicted molar refractivity (Wildman–Crippen MR) is 102 cm³/mol. The van der Waals surface area contributed by atoms with Gasteiger partial charge in [0.25, 0.3) is 0 Å². The second-order valence-electron chi connectivity index (χ2n) is 6.45. The van der Waals surface area contributed by atoms with Crippen molar-refractivity contribution in [1.29, 1.82) is 0 Å². The summed E-state index contributed by atoms with van der Waals surface area (Å²) >= 11 is 0. The molecule has 0 bridgehead atoms. The molecular formula is C21H23N3O. The fourth-order valence-corrected chi connectivity index (χ4v) is 3.28. The van der Waals surface area contributed by atoms with Crippen LogP contribution in [0.2, 0.25) is 0 Å². The quantitative estimate of drug-likeness (QED) is 0.679. The molecule has 0 amide bonds. The van der Waals surface area contributed by atoms with Gasteiger partial charge < -0.3 is 9.64 Å². The summed E-state index contributed by atoms with van der Waals surface area (Å²) < 4.78 is 5.67. The molecule has 3 aromatic rings. The Morgan fingerprint density at radius 3 is 2.48 bits per heavy atom. The molecule has 1 fully saturated rings. The van der Waals surface area contributed by atoms with Gasteiger partial charge in [0.2, 0.25) is 0 Å². The van der Waals surface area contributed by atoms with Crippen molar-refractivity contribution in [2.24, 2.45) is 0 Å². The van der Waals surface area contributed by atoms with Crippen molar-refractivity contribution < 1.29 is 4.74 Å². The van der Waals surface area contributed by atoms with Crippen LogP contribution >= 0.6 is 0 Å². The average molecular weight is 333 g/mol. The third kappa shape index (κ3) is 3.29. The molecule has 4 nitrogen and oxygen atoms in total. The second kappa shape index (κ2) is 7.09. The summed E-state index contributed by atoms with van der Waals surface area (Å²) in [4.78, 5) is 12.1. The smallest absolute Gasteiger partial charge is 0.162 e. The average Bonchev–Trinajstić information content (AvgIpc) is 3.20. The number of para-hydroxylation sites is 1. The summed E-state index contributed by atoms with van der Waals surface area (Å²) in [5.74, 6) is 2.73. The first-order chi connectivity index (χ1) is 12.3. The molecule has 2 heterocycles. The van der Waals surface area contributed by atoms with Crippen molar-refractivity contribution in [1.82, 2.24) is 9.97 Å². The first kappa shape index (κ1) is 15.9. The summed E-state index contributed by atoms with van der Waals surface area (Å²) in [7, 11) is 0. The van der Waals surface area contributed by atoms with Gasteiger partial charge in [-0.15, -0.1) is 0 Å². The van der Waals surface area contributed by atoms with E-state index in [1.165, 1.54) is 12.8 Å². The highest BCUT2D eigenvalue weighted by Crippen LogP contribution is 2.30. The lowest BCUT2D eigenvalue weighted by molar-refractivity contribution is 0.317. The van der Waals surface area contributed by atoms with E-state index in [9.17, 15) is 0 Å². The summed E-state index contributed by atoms with van der Waals surface area (Å²) in [5, 5.41) is 1.14. The number of fused-ring (bicyclic) bond motifs is 1. The summed E-state index contributed by atoms with van der Waals surface area (Å²) in [6.07, 6.45) is 3.48. The minimum atomic E-state index is 0.741. The first-order valence-corrected chi connectivity index (χ1v) is 9.10. The van der Waals surface area contributed by atoms with Crippen LogP contribution in [-0.4, -0.2) is 29.7 Å². The highest BCUT2D eigenvalue weighted by Gasteiger charge is 2.18.